The van der Waals surface area contributed by atoms with Crippen molar-refractivity contribution >= 4 is 0 Å². The topological polar surface area (TPSA) is 44.4 Å². The van der Waals surface area contributed by atoms with Crippen molar-refractivity contribution in [3.8, 4) is 5.75 Å². The van der Waals surface area contributed by atoms with E-state index in [1.54, 1.807) is 19.5 Å². The summed E-state index contributed by atoms with van der Waals surface area (Å²) < 4.78 is 19.5. The van der Waals surface area contributed by atoms with Gasteiger partial charge in [-0.3, -0.25) is 9.80 Å². The van der Waals surface area contributed by atoms with Crippen LogP contribution < -0.4 is 4.74 Å². The second-order valence-corrected chi connectivity index (χ2v) is 7.65. The Hall–Kier alpha value is -1.92. The van der Waals surface area contributed by atoms with Crippen LogP contribution in [-0.4, -0.2) is 52.6 Å². The molecule has 0 unspecified atom stereocenters. The van der Waals surface area contributed by atoms with E-state index < -0.39 is 0 Å². The molecule has 0 spiro atoms. The van der Waals surface area contributed by atoms with Crippen molar-refractivity contribution in [2.24, 2.45) is 5.92 Å². The first-order valence-corrected chi connectivity index (χ1v) is 9.40. The maximum absolute atomic E-state index is 14.3. The highest BCUT2D eigenvalue weighted by molar-refractivity contribution is 5.30. The molecule has 0 saturated carbocycles. The summed E-state index contributed by atoms with van der Waals surface area (Å²) in [6, 6.07) is 5.50. The van der Waals surface area contributed by atoms with E-state index in [0.29, 0.717) is 18.5 Å². The van der Waals surface area contributed by atoms with Crippen LogP contribution in [0.3, 0.4) is 0 Å². The zero-order valence-electron chi connectivity index (χ0n) is 15.5. The van der Waals surface area contributed by atoms with Gasteiger partial charge in [0.1, 0.15) is 11.6 Å². The first-order chi connectivity index (χ1) is 12.6. The van der Waals surface area contributed by atoms with Gasteiger partial charge in [0.15, 0.2) is 0 Å². The number of ether oxygens (including phenoxy) is 1. The Morgan fingerprint density at radius 2 is 2.12 bits per heavy atom. The molecule has 0 amide bonds. The zero-order chi connectivity index (χ0) is 18.1. The Bertz CT molecular complexity index is 762. The van der Waals surface area contributed by atoms with E-state index in [1.165, 1.54) is 18.9 Å². The maximum Gasteiger partial charge on any atom is 0.127 e. The lowest BCUT2D eigenvalue weighted by Crippen LogP contribution is -2.43. The van der Waals surface area contributed by atoms with Gasteiger partial charge in [-0.2, -0.15) is 0 Å². The van der Waals surface area contributed by atoms with Gasteiger partial charge in [-0.25, -0.2) is 9.37 Å². The third-order valence-corrected chi connectivity index (χ3v) is 5.84. The molecule has 2 atom stereocenters. The second kappa shape index (κ2) is 7.37. The molecule has 3 fully saturated rings. The van der Waals surface area contributed by atoms with E-state index in [2.05, 4.69) is 26.7 Å². The molecule has 5 rings (SSSR count). The number of H-pyrrole nitrogens is 1. The number of aryl methyl sites for hydroxylation is 1. The monoisotopic (exact) mass is 358 g/mol. The third-order valence-electron chi connectivity index (χ3n) is 5.84. The number of methoxy groups -OCH3 is 1. The number of halogens is 1. The van der Waals surface area contributed by atoms with Gasteiger partial charge in [-0.05, 0) is 43.9 Å². The number of aromatic nitrogens is 2. The van der Waals surface area contributed by atoms with Crippen molar-refractivity contribution in [1.82, 2.24) is 19.8 Å². The highest BCUT2D eigenvalue weighted by atomic mass is 19.1. The van der Waals surface area contributed by atoms with Crippen molar-refractivity contribution < 1.29 is 9.13 Å². The number of piperidine rings is 1. The van der Waals surface area contributed by atoms with Crippen molar-refractivity contribution in [3.63, 3.8) is 0 Å². The van der Waals surface area contributed by atoms with Crippen LogP contribution in [0.2, 0.25) is 0 Å². The number of fused-ring (bicyclic) bond motifs is 4. The van der Waals surface area contributed by atoms with Crippen molar-refractivity contribution in [2.75, 3.05) is 26.7 Å². The number of hydrogen-bond donors (Lipinski definition) is 1. The summed E-state index contributed by atoms with van der Waals surface area (Å²) in [7, 11) is 1.62. The molecule has 1 aromatic heterocycles. The number of rotatable bonds is 5. The average molecular weight is 358 g/mol. The minimum Gasteiger partial charge on any atom is -0.497 e. The van der Waals surface area contributed by atoms with Crippen molar-refractivity contribution in [1.29, 1.82) is 0 Å². The number of imidazole rings is 1. The van der Waals surface area contributed by atoms with Gasteiger partial charge in [0.05, 0.1) is 19.1 Å². The fourth-order valence-corrected chi connectivity index (χ4v) is 4.38. The molecule has 1 aromatic carbocycles. The molecule has 4 heterocycles. The quantitative estimate of drug-likeness (QED) is 0.893. The van der Waals surface area contributed by atoms with Crippen molar-refractivity contribution in [3.05, 3.63) is 47.3 Å². The lowest BCUT2D eigenvalue weighted by Gasteiger charge is -2.36. The fourth-order valence-electron chi connectivity index (χ4n) is 4.38. The predicted molar refractivity (Wildman–Crippen MR) is 98.5 cm³/mol. The van der Waals surface area contributed by atoms with Crippen LogP contribution in [0.15, 0.2) is 24.5 Å². The van der Waals surface area contributed by atoms with Gasteiger partial charge in [0.25, 0.3) is 0 Å². The Labute approximate surface area is 154 Å². The number of benzene rings is 1. The molecule has 26 heavy (non-hydrogen) atoms. The Kier molecular flexibility index (Phi) is 4.96. The molecule has 5 nitrogen and oxygen atoms in total. The van der Waals surface area contributed by atoms with E-state index in [0.717, 1.165) is 48.9 Å². The molecule has 2 aromatic rings. The minimum absolute atomic E-state index is 0.144. The van der Waals surface area contributed by atoms with Crippen LogP contribution in [0.4, 0.5) is 4.39 Å². The number of nitrogens with one attached hydrogen (secondary N) is 1. The molecule has 3 aliphatic rings. The Morgan fingerprint density at radius 3 is 2.88 bits per heavy atom. The zero-order valence-corrected chi connectivity index (χ0v) is 15.5. The molecule has 0 radical (unpaired) electrons. The highest BCUT2D eigenvalue weighted by Crippen LogP contribution is 2.31. The van der Waals surface area contributed by atoms with Crippen LogP contribution in [0.5, 0.6) is 5.75 Å². The van der Waals surface area contributed by atoms with E-state index >= 15 is 0 Å². The standard InChI is InChI=1S/C20H27FN4O/c1-14-20(23-13-22-14)12-24-8-15-3-4-17(11-24)25(9-15)10-16-7-18(26-2)5-6-19(16)21/h5-7,13,15,17H,3-4,8-12H2,1-2H3,(H,22,23)/t15-,17+/m1/s1. The van der Waals surface area contributed by atoms with Gasteiger partial charge in [0, 0.05) is 50.0 Å². The fraction of sp³-hybridized carbons (Fsp3) is 0.550. The molecule has 0 aliphatic carbocycles. The van der Waals surface area contributed by atoms with Gasteiger partial charge in [-0.15, -0.1) is 0 Å². The number of aromatic amines is 1. The predicted octanol–water partition coefficient (Wildman–Crippen LogP) is 2.96. The maximum atomic E-state index is 14.3. The molecule has 2 bridgehead atoms. The van der Waals surface area contributed by atoms with E-state index in [4.69, 9.17) is 4.74 Å². The van der Waals surface area contributed by atoms with Gasteiger partial charge in [0.2, 0.25) is 0 Å². The van der Waals surface area contributed by atoms with Gasteiger partial charge in [-0.1, -0.05) is 0 Å². The molecular weight excluding hydrogens is 331 g/mol. The lowest BCUT2D eigenvalue weighted by molar-refractivity contribution is 0.121. The highest BCUT2D eigenvalue weighted by Gasteiger charge is 2.35. The summed E-state index contributed by atoms with van der Waals surface area (Å²) in [6.45, 7) is 6.78. The second-order valence-electron chi connectivity index (χ2n) is 7.65. The summed E-state index contributed by atoms with van der Waals surface area (Å²) in [5, 5.41) is 0. The van der Waals surface area contributed by atoms with Crippen molar-refractivity contribution in [2.45, 2.75) is 38.9 Å². The summed E-state index contributed by atoms with van der Waals surface area (Å²) in [5.41, 5.74) is 3.01. The molecule has 3 saturated heterocycles. The van der Waals surface area contributed by atoms with Gasteiger partial charge >= 0.3 is 0 Å². The first kappa shape index (κ1) is 17.5. The SMILES string of the molecule is COc1ccc(F)c(CN2C[C@@H]3CC[C@H]2CN(Cc2nc[nH]c2C)C3)c1. The molecule has 1 N–H and O–H groups in total. The molecule has 140 valence electrons. The van der Waals surface area contributed by atoms with Crippen LogP contribution in [-0.2, 0) is 13.1 Å². The Balaban J connectivity index is 1.47. The van der Waals surface area contributed by atoms with Crippen LogP contribution >= 0.6 is 0 Å². The van der Waals surface area contributed by atoms with Crippen LogP contribution in [0.25, 0.3) is 0 Å². The normalized spacial score (nSPS) is 24.0. The van der Waals surface area contributed by atoms with E-state index in [9.17, 15) is 4.39 Å². The van der Waals surface area contributed by atoms with Crippen LogP contribution in [0.1, 0.15) is 29.8 Å². The summed E-state index contributed by atoms with van der Waals surface area (Å²) in [5.74, 6) is 1.22. The van der Waals surface area contributed by atoms with E-state index in [1.807, 2.05) is 6.07 Å². The van der Waals surface area contributed by atoms with Crippen LogP contribution in [0, 0.1) is 18.7 Å². The van der Waals surface area contributed by atoms with E-state index in [-0.39, 0.29) is 5.82 Å². The Morgan fingerprint density at radius 1 is 1.23 bits per heavy atom. The third kappa shape index (κ3) is 3.62. The summed E-state index contributed by atoms with van der Waals surface area (Å²) >= 11 is 0. The number of nitrogens with zero attached hydrogens (tertiary/aromatic N) is 3. The minimum atomic E-state index is -0.144. The average Bonchev–Trinajstić information content (AvgIpc) is 2.85. The number of hydrogen-bond acceptors (Lipinski definition) is 4. The summed E-state index contributed by atoms with van der Waals surface area (Å²) in [4.78, 5) is 12.6. The van der Waals surface area contributed by atoms with Gasteiger partial charge < -0.3 is 9.72 Å². The largest absolute Gasteiger partial charge is 0.497 e. The molecule has 3 aliphatic heterocycles. The molecular formula is C20H27FN4O. The molecule has 6 heteroatoms. The first-order valence-electron chi connectivity index (χ1n) is 9.40. The summed E-state index contributed by atoms with van der Waals surface area (Å²) in [6.07, 6.45) is 4.22. The lowest BCUT2D eigenvalue weighted by atomic mass is 9.94. The smallest absolute Gasteiger partial charge is 0.127 e.